The number of hydrogen-bond acceptors (Lipinski definition) is 7. The summed E-state index contributed by atoms with van der Waals surface area (Å²) >= 11 is 0. The van der Waals surface area contributed by atoms with Crippen LogP contribution in [0.2, 0.25) is 0 Å². The Morgan fingerprint density at radius 2 is 1.65 bits per heavy atom. The zero-order valence-corrected chi connectivity index (χ0v) is 14.5. The normalized spacial score (nSPS) is 11.0. The zero-order chi connectivity index (χ0) is 18.7. The predicted molar refractivity (Wildman–Crippen MR) is 93.2 cm³/mol. The summed E-state index contributed by atoms with van der Waals surface area (Å²) in [5, 5.41) is 8.40. The molecule has 0 aliphatic rings. The lowest BCUT2D eigenvalue weighted by atomic mass is 10.1. The largest absolute Gasteiger partial charge is 0.465 e. The van der Waals surface area contributed by atoms with Crippen molar-refractivity contribution in [3.8, 4) is 0 Å². The van der Waals surface area contributed by atoms with Crippen LogP contribution >= 0.6 is 0 Å². The number of benzene rings is 1. The minimum atomic E-state index is -0.585. The number of methoxy groups -OCH3 is 2. The number of aromatic nitrogens is 2. The molecular formula is C18H16N4O4. The highest BCUT2D eigenvalue weighted by atomic mass is 16.5. The van der Waals surface area contributed by atoms with Crippen LogP contribution < -0.4 is 0 Å². The molecule has 0 N–H and O–H groups in total. The molecule has 0 spiro atoms. The Balaban J connectivity index is 2.05. The Morgan fingerprint density at radius 3 is 2.27 bits per heavy atom. The summed E-state index contributed by atoms with van der Waals surface area (Å²) in [6.45, 7) is 1.83. The lowest BCUT2D eigenvalue weighted by Crippen LogP contribution is -2.06. The number of fused-ring (bicyclic) bond motifs is 1. The second kappa shape index (κ2) is 7.14. The lowest BCUT2D eigenvalue weighted by molar-refractivity contribution is 0.0599. The third-order valence-corrected chi connectivity index (χ3v) is 3.69. The molecule has 8 nitrogen and oxygen atoms in total. The van der Waals surface area contributed by atoms with E-state index in [0.717, 1.165) is 5.65 Å². The third-order valence-electron chi connectivity index (χ3n) is 3.69. The van der Waals surface area contributed by atoms with Crippen molar-refractivity contribution in [2.45, 2.75) is 6.92 Å². The molecule has 26 heavy (non-hydrogen) atoms. The average Bonchev–Trinajstić information content (AvgIpc) is 2.99. The molecule has 0 aliphatic heterocycles. The number of carbonyl (C=O) groups is 2. The van der Waals surface area contributed by atoms with Crippen molar-refractivity contribution in [3.05, 3.63) is 59.4 Å². The minimum absolute atomic E-state index is 0.180. The number of hydrogen-bond donors (Lipinski definition) is 0. The Hall–Kier alpha value is -3.55. The molecule has 2 heterocycles. The van der Waals surface area contributed by atoms with Crippen LogP contribution in [0, 0.1) is 6.92 Å². The number of aryl methyl sites for hydroxylation is 1. The van der Waals surface area contributed by atoms with E-state index in [2.05, 4.69) is 15.2 Å². The van der Waals surface area contributed by atoms with Crippen LogP contribution in [-0.2, 0) is 9.47 Å². The van der Waals surface area contributed by atoms with Gasteiger partial charge in [-0.15, -0.1) is 10.2 Å². The highest BCUT2D eigenvalue weighted by molar-refractivity contribution is 5.96. The Bertz CT molecular complexity index is 989. The lowest BCUT2D eigenvalue weighted by Gasteiger charge is -2.04. The fraction of sp³-hybridized carbons (Fsp3) is 0.167. The van der Waals surface area contributed by atoms with Crippen molar-refractivity contribution in [1.29, 1.82) is 0 Å². The van der Waals surface area contributed by atoms with Gasteiger partial charge in [0, 0.05) is 6.20 Å². The zero-order valence-electron chi connectivity index (χ0n) is 14.5. The molecule has 0 bridgehead atoms. The number of nitrogens with zero attached hydrogens (tertiary/aromatic N) is 4. The van der Waals surface area contributed by atoms with Crippen LogP contribution in [0.5, 0.6) is 0 Å². The van der Waals surface area contributed by atoms with Gasteiger partial charge in [-0.25, -0.2) is 14.6 Å². The van der Waals surface area contributed by atoms with Gasteiger partial charge in [-0.05, 0) is 37.3 Å². The van der Waals surface area contributed by atoms with Gasteiger partial charge in [0.05, 0.1) is 36.7 Å². The smallest absolute Gasteiger partial charge is 0.337 e. The first kappa shape index (κ1) is 17.3. The molecule has 0 aliphatic carbocycles. The van der Waals surface area contributed by atoms with Gasteiger partial charge in [0.25, 0.3) is 0 Å². The van der Waals surface area contributed by atoms with Gasteiger partial charge in [-0.3, -0.25) is 4.40 Å². The monoisotopic (exact) mass is 352 g/mol. The van der Waals surface area contributed by atoms with E-state index in [9.17, 15) is 9.59 Å². The average molecular weight is 352 g/mol. The molecule has 8 heteroatoms. The molecule has 0 radical (unpaired) electrons. The van der Waals surface area contributed by atoms with Gasteiger partial charge in [-0.2, -0.15) is 0 Å². The van der Waals surface area contributed by atoms with Gasteiger partial charge < -0.3 is 9.47 Å². The van der Waals surface area contributed by atoms with E-state index in [1.807, 2.05) is 31.3 Å². The van der Waals surface area contributed by atoms with Gasteiger partial charge in [0.2, 0.25) is 0 Å². The maximum atomic E-state index is 11.8. The summed E-state index contributed by atoms with van der Waals surface area (Å²) in [7, 11) is 2.52. The van der Waals surface area contributed by atoms with Gasteiger partial charge in [0.15, 0.2) is 5.82 Å². The van der Waals surface area contributed by atoms with Crippen molar-refractivity contribution in [1.82, 2.24) is 9.38 Å². The predicted octanol–water partition coefficient (Wildman–Crippen LogP) is 3.63. The second-order valence-corrected chi connectivity index (χ2v) is 5.40. The van der Waals surface area contributed by atoms with Crippen molar-refractivity contribution >= 4 is 29.1 Å². The van der Waals surface area contributed by atoms with Crippen molar-refractivity contribution < 1.29 is 19.1 Å². The van der Waals surface area contributed by atoms with Gasteiger partial charge >= 0.3 is 11.9 Å². The molecule has 2 aromatic heterocycles. The molecule has 0 fully saturated rings. The van der Waals surface area contributed by atoms with Crippen molar-refractivity contribution in [2.75, 3.05) is 14.2 Å². The molecule has 0 saturated carbocycles. The Kier molecular flexibility index (Phi) is 4.74. The van der Waals surface area contributed by atoms with E-state index in [1.54, 1.807) is 4.40 Å². The van der Waals surface area contributed by atoms with E-state index in [-0.39, 0.29) is 11.1 Å². The van der Waals surface area contributed by atoms with Crippen molar-refractivity contribution in [2.24, 2.45) is 10.2 Å². The molecule has 0 unspecified atom stereocenters. The van der Waals surface area contributed by atoms with Gasteiger partial charge in [0.1, 0.15) is 5.65 Å². The first-order valence-corrected chi connectivity index (χ1v) is 7.70. The van der Waals surface area contributed by atoms with E-state index < -0.39 is 11.9 Å². The van der Waals surface area contributed by atoms with Crippen molar-refractivity contribution in [3.63, 3.8) is 0 Å². The summed E-state index contributed by atoms with van der Waals surface area (Å²) in [5.41, 5.74) is 2.13. The van der Waals surface area contributed by atoms with Crippen LogP contribution in [0.1, 0.15) is 26.4 Å². The second-order valence-electron chi connectivity index (χ2n) is 5.40. The van der Waals surface area contributed by atoms with E-state index >= 15 is 0 Å². The topological polar surface area (TPSA) is 94.6 Å². The molecule has 0 amide bonds. The van der Waals surface area contributed by atoms with Crippen LogP contribution in [0.15, 0.2) is 52.8 Å². The minimum Gasteiger partial charge on any atom is -0.465 e. The van der Waals surface area contributed by atoms with E-state index in [1.165, 1.54) is 32.4 Å². The Labute approximate surface area is 149 Å². The van der Waals surface area contributed by atoms with Gasteiger partial charge in [-0.1, -0.05) is 6.07 Å². The molecular weight excluding hydrogens is 336 g/mol. The summed E-state index contributed by atoms with van der Waals surface area (Å²) in [4.78, 5) is 28.1. The number of imidazole rings is 1. The number of pyridine rings is 1. The fourth-order valence-corrected chi connectivity index (χ4v) is 2.47. The van der Waals surface area contributed by atoms with Crippen LogP contribution in [-0.4, -0.2) is 35.5 Å². The SMILES string of the molecule is COC(=O)c1cc(N=Nc2c(C)nc3ccccn23)cc(C(=O)OC)c1. The highest BCUT2D eigenvalue weighted by Gasteiger charge is 2.14. The summed E-state index contributed by atoms with van der Waals surface area (Å²) in [5.74, 6) is -0.611. The van der Waals surface area contributed by atoms with Crippen LogP contribution in [0.4, 0.5) is 11.5 Å². The maximum absolute atomic E-state index is 11.8. The first-order chi connectivity index (χ1) is 12.5. The molecule has 132 valence electrons. The summed E-state index contributed by atoms with van der Waals surface area (Å²) in [6.07, 6.45) is 1.83. The standard InChI is InChI=1S/C18H16N4O4/c1-11-16(22-7-5-4-6-15(22)19-11)21-20-14-9-12(17(23)25-2)8-13(10-14)18(24)26-3/h4-10H,1-3H3. The third kappa shape index (κ3) is 3.30. The number of carbonyl (C=O) groups excluding carboxylic acids is 2. The maximum Gasteiger partial charge on any atom is 0.337 e. The number of azo groups is 1. The Morgan fingerprint density at radius 1 is 1.00 bits per heavy atom. The number of esters is 2. The van der Waals surface area contributed by atoms with E-state index in [0.29, 0.717) is 17.2 Å². The number of rotatable bonds is 4. The molecule has 3 rings (SSSR count). The number of ether oxygens (including phenoxy) is 2. The van der Waals surface area contributed by atoms with Crippen LogP contribution in [0.3, 0.4) is 0 Å². The summed E-state index contributed by atoms with van der Waals surface area (Å²) in [6, 6.07) is 9.96. The molecule has 3 aromatic rings. The first-order valence-electron chi connectivity index (χ1n) is 7.70. The quantitative estimate of drug-likeness (QED) is 0.528. The van der Waals surface area contributed by atoms with Crippen LogP contribution in [0.25, 0.3) is 5.65 Å². The molecule has 0 saturated heterocycles. The molecule has 1 aromatic carbocycles. The fourth-order valence-electron chi connectivity index (χ4n) is 2.47. The summed E-state index contributed by atoms with van der Waals surface area (Å²) < 4.78 is 11.2. The van der Waals surface area contributed by atoms with E-state index in [4.69, 9.17) is 9.47 Å². The highest BCUT2D eigenvalue weighted by Crippen LogP contribution is 2.25. The molecule has 0 atom stereocenters.